The van der Waals surface area contributed by atoms with Crippen molar-refractivity contribution in [3.63, 3.8) is 0 Å². The van der Waals surface area contributed by atoms with E-state index in [-0.39, 0.29) is 5.56 Å². The van der Waals surface area contributed by atoms with Gasteiger partial charge in [-0.05, 0) is 81.4 Å². The summed E-state index contributed by atoms with van der Waals surface area (Å²) in [5, 5.41) is 0. The van der Waals surface area contributed by atoms with Crippen LogP contribution in [-0.4, -0.2) is 59.9 Å². The van der Waals surface area contributed by atoms with Gasteiger partial charge in [-0.15, -0.1) is 11.8 Å². The smallest absolute Gasteiger partial charge is 0.258 e. The number of hydrogen-bond donors (Lipinski definition) is 0. The van der Waals surface area contributed by atoms with Crippen LogP contribution in [0.5, 0.6) is 0 Å². The van der Waals surface area contributed by atoms with Crippen LogP contribution >= 0.6 is 11.8 Å². The molecule has 4 heterocycles. The number of hydrogen-bond acceptors (Lipinski definition) is 4. The van der Waals surface area contributed by atoms with E-state index >= 15 is 0 Å². The summed E-state index contributed by atoms with van der Waals surface area (Å²) in [6.45, 7) is 5.58. The van der Waals surface area contributed by atoms with E-state index in [1.165, 1.54) is 42.9 Å². The minimum Gasteiger partial charge on any atom is -0.311 e. The molecule has 0 saturated carbocycles. The number of thioether (sulfide) groups is 1. The van der Waals surface area contributed by atoms with Gasteiger partial charge in [0, 0.05) is 47.7 Å². The van der Waals surface area contributed by atoms with E-state index < -0.39 is 0 Å². The zero-order chi connectivity index (χ0) is 20.0. The van der Waals surface area contributed by atoms with Crippen molar-refractivity contribution in [2.45, 2.75) is 42.7 Å². The molecule has 29 heavy (non-hydrogen) atoms. The van der Waals surface area contributed by atoms with Gasteiger partial charge in [-0.3, -0.25) is 9.69 Å². The lowest BCUT2D eigenvalue weighted by Crippen LogP contribution is -2.53. The normalized spacial score (nSPS) is 25.7. The molecule has 2 aromatic rings. The molecule has 0 N–H and O–H groups in total. The molecule has 1 aromatic heterocycles. The lowest BCUT2D eigenvalue weighted by Gasteiger charge is -2.47. The van der Waals surface area contributed by atoms with Crippen molar-refractivity contribution in [1.82, 2.24) is 14.4 Å². The molecule has 0 spiro atoms. The molecular formula is C24H31N3OS. The Hall–Kier alpha value is -1.56. The number of aromatic nitrogens is 1. The summed E-state index contributed by atoms with van der Waals surface area (Å²) in [7, 11) is 2.23. The topological polar surface area (TPSA) is 28.5 Å². The maximum atomic E-state index is 13.4. The number of pyridine rings is 1. The summed E-state index contributed by atoms with van der Waals surface area (Å²) >= 11 is 1.73. The predicted molar refractivity (Wildman–Crippen MR) is 121 cm³/mol. The van der Waals surface area contributed by atoms with Gasteiger partial charge in [0.1, 0.15) is 0 Å². The van der Waals surface area contributed by atoms with E-state index in [4.69, 9.17) is 0 Å². The standard InChI is InChI=1S/C24H31N3OS/c1-25-11-9-20(10-12-25)26-14-17-13-19(16-26)23-8-7-22(24(28)27(23)15-17)18-3-5-21(29-2)6-4-18/h3-8,17,19-20H,9-16H2,1-2H3/t17-,19-/m1/s1. The van der Waals surface area contributed by atoms with Gasteiger partial charge in [0.15, 0.2) is 0 Å². The molecule has 0 amide bonds. The largest absolute Gasteiger partial charge is 0.311 e. The highest BCUT2D eigenvalue weighted by Gasteiger charge is 2.37. The van der Waals surface area contributed by atoms with Gasteiger partial charge in [0.25, 0.3) is 5.56 Å². The molecule has 5 rings (SSSR count). The molecule has 0 aliphatic carbocycles. The van der Waals surface area contributed by atoms with Crippen LogP contribution in [0.25, 0.3) is 11.1 Å². The highest BCUT2D eigenvalue weighted by molar-refractivity contribution is 7.98. The second-order valence-corrected chi connectivity index (χ2v) is 9.98. The first kappa shape index (κ1) is 19.4. The van der Waals surface area contributed by atoms with Gasteiger partial charge in [-0.25, -0.2) is 0 Å². The Morgan fingerprint density at radius 3 is 2.45 bits per heavy atom. The van der Waals surface area contributed by atoms with E-state index in [0.29, 0.717) is 11.8 Å². The lowest BCUT2D eigenvalue weighted by molar-refractivity contribution is 0.0517. The SMILES string of the molecule is CSc1ccc(-c2ccc3n(c2=O)C[C@@H]2C[C@@H]3CN(C3CCN(C)CC3)C2)cc1. The van der Waals surface area contributed by atoms with Crippen LogP contribution in [-0.2, 0) is 6.54 Å². The first-order chi connectivity index (χ1) is 14.1. The minimum absolute atomic E-state index is 0.196. The first-order valence-corrected chi connectivity index (χ1v) is 12.2. The zero-order valence-electron chi connectivity index (χ0n) is 17.5. The van der Waals surface area contributed by atoms with Crippen molar-refractivity contribution in [1.29, 1.82) is 0 Å². The summed E-state index contributed by atoms with van der Waals surface area (Å²) < 4.78 is 2.10. The zero-order valence-corrected chi connectivity index (χ0v) is 18.3. The Balaban J connectivity index is 1.41. The summed E-state index contributed by atoms with van der Waals surface area (Å²) in [6, 6.07) is 13.4. The maximum Gasteiger partial charge on any atom is 0.258 e. The summed E-state index contributed by atoms with van der Waals surface area (Å²) in [5.74, 6) is 1.11. The quantitative estimate of drug-likeness (QED) is 0.722. The van der Waals surface area contributed by atoms with Crippen molar-refractivity contribution in [2.24, 2.45) is 5.92 Å². The monoisotopic (exact) mass is 409 g/mol. The molecule has 1 aromatic carbocycles. The van der Waals surface area contributed by atoms with E-state index in [9.17, 15) is 4.79 Å². The van der Waals surface area contributed by atoms with Crippen molar-refractivity contribution >= 4 is 11.8 Å². The van der Waals surface area contributed by atoms with E-state index in [1.54, 1.807) is 11.8 Å². The fourth-order valence-electron chi connectivity index (χ4n) is 5.63. The summed E-state index contributed by atoms with van der Waals surface area (Å²) in [5.41, 5.74) is 3.33. The molecular weight excluding hydrogens is 378 g/mol. The average Bonchev–Trinajstić information content (AvgIpc) is 2.75. The van der Waals surface area contributed by atoms with Crippen LogP contribution in [0.2, 0.25) is 0 Å². The Bertz CT molecular complexity index is 930. The number of piperidine rings is 2. The van der Waals surface area contributed by atoms with Crippen LogP contribution < -0.4 is 5.56 Å². The third kappa shape index (κ3) is 3.69. The number of fused-ring (bicyclic) bond motifs is 4. The maximum absolute atomic E-state index is 13.4. The summed E-state index contributed by atoms with van der Waals surface area (Å²) in [6.07, 6.45) is 5.89. The number of likely N-dealkylation sites (tertiary alicyclic amines) is 2. The number of nitrogens with zero attached hydrogens (tertiary/aromatic N) is 3. The molecule has 4 nitrogen and oxygen atoms in total. The molecule has 5 heteroatoms. The molecule has 0 radical (unpaired) electrons. The lowest BCUT2D eigenvalue weighted by atomic mass is 9.81. The molecule has 3 aliphatic heterocycles. The van der Waals surface area contributed by atoms with Crippen LogP contribution in [0.4, 0.5) is 0 Å². The van der Waals surface area contributed by atoms with Crippen molar-refractivity contribution in [3.8, 4) is 11.1 Å². The van der Waals surface area contributed by atoms with Crippen molar-refractivity contribution in [3.05, 3.63) is 52.4 Å². The van der Waals surface area contributed by atoms with E-state index in [2.05, 4.69) is 64.1 Å². The van der Waals surface area contributed by atoms with Crippen LogP contribution in [0.15, 0.2) is 46.1 Å². The molecule has 2 bridgehead atoms. The number of rotatable bonds is 3. The first-order valence-electron chi connectivity index (χ1n) is 10.9. The Kier molecular flexibility index (Phi) is 5.31. The second kappa shape index (κ2) is 7.93. The van der Waals surface area contributed by atoms with Crippen molar-refractivity contribution in [2.75, 3.05) is 39.5 Å². The second-order valence-electron chi connectivity index (χ2n) is 9.10. The third-order valence-electron chi connectivity index (χ3n) is 7.24. The Labute approximate surface area is 177 Å². The third-order valence-corrected chi connectivity index (χ3v) is 7.98. The number of benzene rings is 1. The molecule has 154 valence electrons. The van der Waals surface area contributed by atoms with Gasteiger partial charge < -0.3 is 9.47 Å². The van der Waals surface area contributed by atoms with Crippen LogP contribution in [0.3, 0.4) is 0 Å². The van der Waals surface area contributed by atoms with E-state index in [0.717, 1.165) is 36.8 Å². The van der Waals surface area contributed by atoms with E-state index in [1.807, 2.05) is 0 Å². The highest BCUT2D eigenvalue weighted by atomic mass is 32.2. The fraction of sp³-hybridized carbons (Fsp3) is 0.542. The van der Waals surface area contributed by atoms with Crippen LogP contribution in [0, 0.1) is 5.92 Å². The Morgan fingerprint density at radius 2 is 1.72 bits per heavy atom. The molecule has 2 saturated heterocycles. The van der Waals surface area contributed by atoms with Gasteiger partial charge in [0.2, 0.25) is 0 Å². The molecule has 0 unspecified atom stereocenters. The fourth-order valence-corrected chi connectivity index (χ4v) is 6.04. The van der Waals surface area contributed by atoms with Gasteiger partial charge >= 0.3 is 0 Å². The molecule has 2 atom stereocenters. The summed E-state index contributed by atoms with van der Waals surface area (Å²) in [4.78, 5) is 19.8. The van der Waals surface area contributed by atoms with Gasteiger partial charge in [-0.1, -0.05) is 12.1 Å². The van der Waals surface area contributed by atoms with Crippen LogP contribution in [0.1, 0.15) is 30.9 Å². The molecule has 3 aliphatic rings. The molecule has 2 fully saturated rings. The van der Waals surface area contributed by atoms with Gasteiger partial charge in [-0.2, -0.15) is 0 Å². The van der Waals surface area contributed by atoms with Crippen molar-refractivity contribution < 1.29 is 0 Å². The highest BCUT2D eigenvalue weighted by Crippen LogP contribution is 2.37. The average molecular weight is 410 g/mol. The van der Waals surface area contributed by atoms with Gasteiger partial charge in [0.05, 0.1) is 0 Å². The minimum atomic E-state index is 0.196. The predicted octanol–water partition coefficient (Wildman–Crippen LogP) is 3.75. The Morgan fingerprint density at radius 1 is 0.966 bits per heavy atom.